The first-order valence-corrected chi connectivity index (χ1v) is 10.4. The van der Waals surface area contributed by atoms with Crippen molar-refractivity contribution < 1.29 is 17.9 Å². The van der Waals surface area contributed by atoms with Crippen LogP contribution in [0.25, 0.3) is 0 Å². The van der Waals surface area contributed by atoms with Gasteiger partial charge in [0.2, 0.25) is 10.0 Å². The van der Waals surface area contributed by atoms with Gasteiger partial charge in [0.05, 0.1) is 10.9 Å². The predicted molar refractivity (Wildman–Crippen MR) is 105 cm³/mol. The molecule has 0 saturated carbocycles. The highest BCUT2D eigenvalue weighted by atomic mass is 32.2. The van der Waals surface area contributed by atoms with Crippen LogP contribution in [0.1, 0.15) is 39.7 Å². The number of carbonyl (C=O) groups excluding carboxylic acids is 1. The van der Waals surface area contributed by atoms with E-state index >= 15 is 0 Å². The quantitative estimate of drug-likeness (QED) is 0.473. The summed E-state index contributed by atoms with van der Waals surface area (Å²) in [7, 11) is -3.76. The van der Waals surface area contributed by atoms with Gasteiger partial charge in [0.15, 0.2) is 0 Å². The van der Waals surface area contributed by atoms with Gasteiger partial charge in [-0.3, -0.25) is 0 Å². The van der Waals surface area contributed by atoms with E-state index in [1.165, 1.54) is 10.4 Å². The van der Waals surface area contributed by atoms with Crippen molar-refractivity contribution >= 4 is 16.0 Å². The molecule has 2 N–H and O–H groups in total. The number of sulfonamides is 1. The third-order valence-electron chi connectivity index (χ3n) is 4.22. The minimum atomic E-state index is -3.76. The summed E-state index contributed by atoms with van der Waals surface area (Å²) in [6, 6.07) is 5.99. The van der Waals surface area contributed by atoms with Crippen LogP contribution in [0.4, 0.5) is 0 Å². The molecule has 1 aliphatic rings. The van der Waals surface area contributed by atoms with Gasteiger partial charge in [0.25, 0.3) is 0 Å². The Morgan fingerprint density at radius 2 is 1.89 bits per heavy atom. The molecule has 148 valence electrons. The number of hydrogen-bond acceptors (Lipinski definition) is 5. The number of hydrogen-bond donors (Lipinski definition) is 1. The van der Waals surface area contributed by atoms with E-state index in [-0.39, 0.29) is 17.1 Å². The summed E-state index contributed by atoms with van der Waals surface area (Å²) >= 11 is 0. The van der Waals surface area contributed by atoms with Gasteiger partial charge in [-0.25, -0.2) is 13.2 Å². The van der Waals surface area contributed by atoms with E-state index in [9.17, 15) is 13.2 Å². The summed E-state index contributed by atoms with van der Waals surface area (Å²) < 4.78 is 32.9. The lowest BCUT2D eigenvalue weighted by atomic mass is 10.0. The molecule has 1 atom stereocenters. The number of rotatable bonds is 5. The smallest absolute Gasteiger partial charge is 0.333 e. The minimum Gasteiger partial charge on any atom is -0.457 e. The predicted octanol–water partition coefficient (Wildman–Crippen LogP) is 2.89. The summed E-state index contributed by atoms with van der Waals surface area (Å²) in [4.78, 5) is 12.3. The number of esters is 1. The van der Waals surface area contributed by atoms with Crippen molar-refractivity contribution in [3.63, 3.8) is 0 Å². The molecule has 27 heavy (non-hydrogen) atoms. The Morgan fingerprint density at radius 3 is 2.41 bits per heavy atom. The van der Waals surface area contributed by atoms with Gasteiger partial charge in [-0.1, -0.05) is 30.7 Å². The largest absolute Gasteiger partial charge is 0.457 e. The van der Waals surface area contributed by atoms with Crippen molar-refractivity contribution in [1.29, 1.82) is 0 Å². The number of aryl methyl sites for hydroxylation is 1. The zero-order valence-corrected chi connectivity index (χ0v) is 17.3. The third-order valence-corrected chi connectivity index (χ3v) is 6.06. The zero-order valence-electron chi connectivity index (χ0n) is 16.5. The molecule has 1 aliphatic heterocycles. The van der Waals surface area contributed by atoms with Crippen molar-refractivity contribution in [2.75, 3.05) is 6.54 Å². The average molecular weight is 393 g/mol. The molecule has 0 bridgehead atoms. The van der Waals surface area contributed by atoms with E-state index in [0.717, 1.165) is 11.1 Å². The normalized spacial score (nSPS) is 19.1. The van der Waals surface area contributed by atoms with Crippen molar-refractivity contribution in [3.05, 3.63) is 53.3 Å². The van der Waals surface area contributed by atoms with E-state index in [1.807, 2.05) is 19.9 Å². The monoisotopic (exact) mass is 392 g/mol. The maximum absolute atomic E-state index is 13.1. The van der Waals surface area contributed by atoms with Gasteiger partial charge in [-0.05, 0) is 51.8 Å². The molecule has 0 aliphatic carbocycles. The van der Waals surface area contributed by atoms with Gasteiger partial charge in [-0.15, -0.1) is 0 Å². The molecular weight excluding hydrogens is 364 g/mol. The zero-order chi connectivity index (χ0) is 20.4. The lowest BCUT2D eigenvalue weighted by Gasteiger charge is -2.27. The maximum atomic E-state index is 13.1. The van der Waals surface area contributed by atoms with Crippen molar-refractivity contribution in [2.45, 2.75) is 57.6 Å². The number of carbonyl (C=O) groups is 1. The number of ether oxygens (including phenoxy) is 1. The van der Waals surface area contributed by atoms with E-state index in [4.69, 9.17) is 10.5 Å². The Kier molecular flexibility index (Phi) is 6.17. The summed E-state index contributed by atoms with van der Waals surface area (Å²) in [5.74, 6) is -0.588. The van der Waals surface area contributed by atoms with Gasteiger partial charge in [0, 0.05) is 18.3 Å². The second-order valence-electron chi connectivity index (χ2n) is 7.60. The van der Waals surface area contributed by atoms with Crippen LogP contribution in [0.15, 0.2) is 52.6 Å². The molecular formula is C20H28N2O4S. The molecule has 1 aromatic carbocycles. The van der Waals surface area contributed by atoms with Crippen LogP contribution in [0.2, 0.25) is 0 Å². The summed E-state index contributed by atoms with van der Waals surface area (Å²) in [6.45, 7) is 9.32. The lowest BCUT2D eigenvalue weighted by Crippen LogP contribution is -2.41. The van der Waals surface area contributed by atoms with Crippen LogP contribution in [-0.2, 0) is 19.6 Å². The van der Waals surface area contributed by atoms with Crippen LogP contribution in [0.3, 0.4) is 0 Å². The molecule has 1 aromatic rings. The fraction of sp³-hybridized carbons (Fsp3) is 0.450. The molecule has 6 nitrogen and oxygen atoms in total. The van der Waals surface area contributed by atoms with Crippen molar-refractivity contribution in [1.82, 2.24) is 4.31 Å². The molecule has 0 spiro atoms. The Morgan fingerprint density at radius 1 is 1.30 bits per heavy atom. The Bertz CT molecular complexity index is 862. The molecule has 1 unspecified atom stereocenters. The Balaban J connectivity index is 2.37. The molecule has 0 aromatic heterocycles. The van der Waals surface area contributed by atoms with Crippen LogP contribution < -0.4 is 5.73 Å². The standard InChI is InChI=1S/C20H28N2O4S/c1-6-15-11-12-22(27(24,25)16-9-7-14(2)8-10-16)19(15)17(21)13-18(23)26-20(3,4)5/h7-11,13,19H,6,12,21H2,1-5H3/b17-13-. The topological polar surface area (TPSA) is 89.7 Å². The maximum Gasteiger partial charge on any atom is 0.333 e. The van der Waals surface area contributed by atoms with Crippen LogP contribution in [0.5, 0.6) is 0 Å². The molecule has 0 radical (unpaired) electrons. The van der Waals surface area contributed by atoms with Gasteiger partial charge < -0.3 is 10.5 Å². The SMILES string of the molecule is CCC1=CCN(S(=O)(=O)c2ccc(C)cc2)C1/C(N)=C/C(=O)OC(C)(C)C. The molecule has 0 saturated heterocycles. The highest BCUT2D eigenvalue weighted by Gasteiger charge is 2.38. The van der Waals surface area contributed by atoms with Gasteiger partial charge in [0.1, 0.15) is 5.60 Å². The van der Waals surface area contributed by atoms with Crippen molar-refractivity contribution in [2.24, 2.45) is 5.73 Å². The fourth-order valence-corrected chi connectivity index (χ4v) is 4.51. The number of benzene rings is 1. The highest BCUT2D eigenvalue weighted by molar-refractivity contribution is 7.89. The third kappa shape index (κ3) is 4.99. The van der Waals surface area contributed by atoms with Crippen LogP contribution >= 0.6 is 0 Å². The minimum absolute atomic E-state index is 0.158. The van der Waals surface area contributed by atoms with Gasteiger partial charge in [-0.2, -0.15) is 4.31 Å². The molecule has 2 rings (SSSR count). The first kappa shape index (κ1) is 21.2. The van der Waals surface area contributed by atoms with E-state index in [1.54, 1.807) is 45.0 Å². The Hall–Kier alpha value is -2.12. The molecule has 7 heteroatoms. The molecule has 1 heterocycles. The molecule has 0 fully saturated rings. The summed E-state index contributed by atoms with van der Waals surface area (Å²) in [6.07, 6.45) is 3.67. The number of nitrogens with zero attached hydrogens (tertiary/aromatic N) is 1. The van der Waals surface area contributed by atoms with E-state index in [0.29, 0.717) is 6.42 Å². The first-order chi connectivity index (χ1) is 12.5. The fourth-order valence-electron chi connectivity index (χ4n) is 2.96. The van der Waals surface area contributed by atoms with E-state index < -0.39 is 27.6 Å². The first-order valence-electron chi connectivity index (χ1n) is 8.93. The average Bonchev–Trinajstić information content (AvgIpc) is 2.98. The number of nitrogens with two attached hydrogens (primary N) is 1. The second kappa shape index (κ2) is 7.86. The summed E-state index contributed by atoms with van der Waals surface area (Å²) in [5, 5.41) is 0. The van der Waals surface area contributed by atoms with Crippen LogP contribution in [0, 0.1) is 6.92 Å². The van der Waals surface area contributed by atoms with Crippen LogP contribution in [-0.4, -0.2) is 36.9 Å². The van der Waals surface area contributed by atoms with Gasteiger partial charge >= 0.3 is 5.97 Å². The van der Waals surface area contributed by atoms with E-state index in [2.05, 4.69) is 0 Å². The Labute approximate surface area is 161 Å². The molecule has 0 amide bonds. The van der Waals surface area contributed by atoms with Crippen molar-refractivity contribution in [3.8, 4) is 0 Å². The lowest BCUT2D eigenvalue weighted by molar-refractivity contribution is -0.148. The highest BCUT2D eigenvalue weighted by Crippen LogP contribution is 2.31. The summed E-state index contributed by atoms with van der Waals surface area (Å²) in [5.41, 5.74) is 7.51. The second-order valence-corrected chi connectivity index (χ2v) is 9.49.